The van der Waals surface area contributed by atoms with Crippen LogP contribution >= 0.6 is 15.9 Å². The average molecular weight is 461 g/mol. The Kier molecular flexibility index (Phi) is 8.70. The number of halogens is 1. The van der Waals surface area contributed by atoms with Crippen molar-refractivity contribution in [2.75, 3.05) is 13.2 Å². The van der Waals surface area contributed by atoms with E-state index in [1.807, 2.05) is 69.3 Å². The predicted octanol–water partition coefficient (Wildman–Crippen LogP) is 4.33. The molecule has 0 aliphatic carbocycles. The molecular weight excluding hydrogens is 432 g/mol. The van der Waals surface area contributed by atoms with Crippen LogP contribution in [0.3, 0.4) is 0 Å². The Hall–Kier alpha value is -2.34. The number of benzene rings is 2. The number of nitrogens with zero attached hydrogens (tertiary/aromatic N) is 1. The third-order valence-corrected chi connectivity index (χ3v) is 5.00. The second-order valence-electron chi connectivity index (χ2n) is 7.57. The van der Waals surface area contributed by atoms with Gasteiger partial charge in [0.15, 0.2) is 6.61 Å². The molecule has 0 bridgehead atoms. The molecule has 2 amide bonds. The third kappa shape index (κ3) is 7.54. The lowest BCUT2D eigenvalue weighted by Crippen LogP contribution is -2.49. The number of hydrogen-bond acceptors (Lipinski definition) is 3. The summed E-state index contributed by atoms with van der Waals surface area (Å²) in [5, 5.41) is 2.91. The van der Waals surface area contributed by atoms with Crippen molar-refractivity contribution in [1.29, 1.82) is 0 Å². The van der Waals surface area contributed by atoms with Gasteiger partial charge in [0.25, 0.3) is 5.91 Å². The Morgan fingerprint density at radius 2 is 1.79 bits per heavy atom. The van der Waals surface area contributed by atoms with E-state index < -0.39 is 6.04 Å². The zero-order valence-electron chi connectivity index (χ0n) is 17.4. The first-order valence-corrected chi connectivity index (χ1v) is 10.6. The smallest absolute Gasteiger partial charge is 0.261 e. The minimum atomic E-state index is -0.606. The first-order valence-electron chi connectivity index (χ1n) is 9.77. The van der Waals surface area contributed by atoms with Crippen molar-refractivity contribution in [3.8, 4) is 5.75 Å². The third-order valence-electron chi connectivity index (χ3n) is 4.47. The monoisotopic (exact) mass is 460 g/mol. The number of amides is 2. The molecule has 0 heterocycles. The van der Waals surface area contributed by atoms with Gasteiger partial charge in [-0.2, -0.15) is 0 Å². The molecule has 2 aromatic carbocycles. The summed E-state index contributed by atoms with van der Waals surface area (Å²) in [6.07, 6.45) is 0. The van der Waals surface area contributed by atoms with Crippen LogP contribution in [0, 0.1) is 12.8 Å². The van der Waals surface area contributed by atoms with E-state index in [-0.39, 0.29) is 18.4 Å². The number of carbonyl (C=O) groups is 2. The highest BCUT2D eigenvalue weighted by Crippen LogP contribution is 2.16. The summed E-state index contributed by atoms with van der Waals surface area (Å²) in [4.78, 5) is 27.1. The Labute approximate surface area is 181 Å². The van der Waals surface area contributed by atoms with Crippen molar-refractivity contribution < 1.29 is 14.3 Å². The highest BCUT2D eigenvalue weighted by molar-refractivity contribution is 9.10. The maximum Gasteiger partial charge on any atom is 0.261 e. The van der Waals surface area contributed by atoms with Crippen LogP contribution in [0.2, 0.25) is 0 Å². The minimum Gasteiger partial charge on any atom is -0.484 e. The Morgan fingerprint density at radius 3 is 2.41 bits per heavy atom. The second-order valence-corrected chi connectivity index (χ2v) is 8.48. The van der Waals surface area contributed by atoms with Crippen LogP contribution in [-0.2, 0) is 16.1 Å². The summed E-state index contributed by atoms with van der Waals surface area (Å²) >= 11 is 3.42. The number of rotatable bonds is 9. The summed E-state index contributed by atoms with van der Waals surface area (Å²) in [7, 11) is 0. The van der Waals surface area contributed by atoms with Crippen LogP contribution in [-0.4, -0.2) is 35.9 Å². The van der Waals surface area contributed by atoms with Gasteiger partial charge in [-0.1, -0.05) is 54.0 Å². The Balaban J connectivity index is 2.12. The highest BCUT2D eigenvalue weighted by atomic mass is 79.9. The van der Waals surface area contributed by atoms with E-state index in [0.29, 0.717) is 24.8 Å². The van der Waals surface area contributed by atoms with Crippen LogP contribution in [0.1, 0.15) is 31.9 Å². The largest absolute Gasteiger partial charge is 0.484 e. The SMILES string of the molecule is Cc1cccc(OCC(=O)N(Cc2ccc(Br)cc2)[C@H](C)C(=O)NCC(C)C)c1. The molecule has 29 heavy (non-hydrogen) atoms. The Morgan fingerprint density at radius 1 is 1.10 bits per heavy atom. The van der Waals surface area contributed by atoms with Crippen molar-refractivity contribution in [3.63, 3.8) is 0 Å². The van der Waals surface area contributed by atoms with Crippen molar-refractivity contribution in [1.82, 2.24) is 10.2 Å². The van der Waals surface area contributed by atoms with Gasteiger partial charge in [-0.05, 0) is 55.2 Å². The molecule has 0 aliphatic rings. The van der Waals surface area contributed by atoms with Gasteiger partial charge in [-0.25, -0.2) is 0 Å². The van der Waals surface area contributed by atoms with Gasteiger partial charge in [0.2, 0.25) is 5.91 Å². The van der Waals surface area contributed by atoms with Crippen molar-refractivity contribution in [3.05, 3.63) is 64.1 Å². The summed E-state index contributed by atoms with van der Waals surface area (Å²) in [6, 6.07) is 14.7. The van der Waals surface area contributed by atoms with Crippen LogP contribution in [0.5, 0.6) is 5.75 Å². The molecule has 0 aromatic heterocycles. The lowest BCUT2D eigenvalue weighted by molar-refractivity contribution is -0.142. The standard InChI is InChI=1S/C23H29BrN2O3/c1-16(2)13-25-23(28)18(4)26(14-19-8-10-20(24)11-9-19)22(27)15-29-21-7-5-6-17(3)12-21/h5-12,16,18H,13-15H2,1-4H3,(H,25,28)/t18-/m1/s1. The van der Waals surface area contributed by atoms with Crippen LogP contribution < -0.4 is 10.1 Å². The van der Waals surface area contributed by atoms with Gasteiger partial charge in [0.1, 0.15) is 11.8 Å². The van der Waals surface area contributed by atoms with E-state index in [1.54, 1.807) is 11.8 Å². The van der Waals surface area contributed by atoms with Gasteiger partial charge in [-0.3, -0.25) is 9.59 Å². The van der Waals surface area contributed by atoms with Crippen LogP contribution in [0.4, 0.5) is 0 Å². The molecule has 0 fully saturated rings. The van der Waals surface area contributed by atoms with Crippen molar-refractivity contribution in [2.45, 2.75) is 40.3 Å². The van der Waals surface area contributed by atoms with E-state index in [1.165, 1.54) is 0 Å². The molecule has 0 unspecified atom stereocenters. The van der Waals surface area contributed by atoms with Crippen LogP contribution in [0.25, 0.3) is 0 Å². The molecule has 2 rings (SSSR count). The average Bonchev–Trinajstić information content (AvgIpc) is 2.69. The van der Waals surface area contributed by atoms with Gasteiger partial charge in [0, 0.05) is 17.6 Å². The van der Waals surface area contributed by atoms with E-state index in [9.17, 15) is 9.59 Å². The lowest BCUT2D eigenvalue weighted by Gasteiger charge is -2.29. The molecule has 1 atom stereocenters. The van der Waals surface area contributed by atoms with E-state index in [2.05, 4.69) is 21.2 Å². The number of aryl methyl sites for hydroxylation is 1. The molecule has 0 spiro atoms. The maximum absolute atomic E-state index is 13.0. The zero-order chi connectivity index (χ0) is 21.4. The quantitative estimate of drug-likeness (QED) is 0.605. The molecule has 0 saturated heterocycles. The molecule has 6 heteroatoms. The number of ether oxygens (including phenoxy) is 1. The fraction of sp³-hybridized carbons (Fsp3) is 0.391. The zero-order valence-corrected chi connectivity index (χ0v) is 19.0. The van der Waals surface area contributed by atoms with Gasteiger partial charge < -0.3 is 15.0 Å². The molecule has 0 saturated carbocycles. The summed E-state index contributed by atoms with van der Waals surface area (Å²) < 4.78 is 6.65. The normalized spacial score (nSPS) is 11.8. The first kappa shape index (κ1) is 22.9. The molecule has 0 aliphatic heterocycles. The minimum absolute atomic E-state index is 0.123. The number of carbonyl (C=O) groups excluding carboxylic acids is 2. The summed E-state index contributed by atoms with van der Waals surface area (Å²) in [5.41, 5.74) is 2.00. The molecule has 0 radical (unpaired) electrons. The fourth-order valence-corrected chi connectivity index (χ4v) is 3.02. The number of hydrogen-bond donors (Lipinski definition) is 1. The predicted molar refractivity (Wildman–Crippen MR) is 119 cm³/mol. The summed E-state index contributed by atoms with van der Waals surface area (Å²) in [5.74, 6) is 0.576. The van der Waals surface area contributed by atoms with E-state index in [0.717, 1.165) is 15.6 Å². The molecule has 2 aromatic rings. The number of nitrogens with one attached hydrogen (secondary N) is 1. The maximum atomic E-state index is 13.0. The summed E-state index contributed by atoms with van der Waals surface area (Å²) in [6.45, 7) is 8.57. The molecule has 156 valence electrons. The van der Waals surface area contributed by atoms with Crippen LogP contribution in [0.15, 0.2) is 53.0 Å². The van der Waals surface area contributed by atoms with Crippen molar-refractivity contribution >= 4 is 27.7 Å². The lowest BCUT2D eigenvalue weighted by atomic mass is 10.1. The highest BCUT2D eigenvalue weighted by Gasteiger charge is 2.26. The Bertz CT molecular complexity index is 821. The molecule has 5 nitrogen and oxygen atoms in total. The van der Waals surface area contributed by atoms with Gasteiger partial charge in [-0.15, -0.1) is 0 Å². The fourth-order valence-electron chi connectivity index (χ4n) is 2.75. The van der Waals surface area contributed by atoms with Gasteiger partial charge >= 0.3 is 0 Å². The first-order chi connectivity index (χ1) is 13.8. The molecular formula is C23H29BrN2O3. The van der Waals surface area contributed by atoms with Crippen molar-refractivity contribution in [2.24, 2.45) is 5.92 Å². The van der Waals surface area contributed by atoms with Gasteiger partial charge in [0.05, 0.1) is 0 Å². The molecule has 1 N–H and O–H groups in total. The topological polar surface area (TPSA) is 58.6 Å². The second kappa shape index (κ2) is 11.0. The van der Waals surface area contributed by atoms with E-state index >= 15 is 0 Å². The van der Waals surface area contributed by atoms with E-state index in [4.69, 9.17) is 4.74 Å².